The Bertz CT molecular complexity index is 731. The molecule has 1 N–H and O–H groups in total. The summed E-state index contributed by atoms with van der Waals surface area (Å²) in [7, 11) is 0. The fourth-order valence-electron chi connectivity index (χ4n) is 2.09. The fourth-order valence-corrected chi connectivity index (χ4v) is 2.09. The van der Waals surface area contributed by atoms with Gasteiger partial charge in [-0.15, -0.1) is 0 Å². The van der Waals surface area contributed by atoms with Gasteiger partial charge in [0.2, 0.25) is 0 Å². The number of aromatic amines is 1. The Labute approximate surface area is 104 Å². The molecule has 0 radical (unpaired) electrons. The quantitative estimate of drug-likeness (QED) is 0.701. The normalized spacial score (nSPS) is 10.9. The maximum Gasteiger partial charge on any atom is 0.354 e. The van der Waals surface area contributed by atoms with E-state index in [9.17, 15) is 4.79 Å². The standard InChI is InChI=1S/C14H12N2O2/c1-2-18-14(17)12-7-9-3-4-10-8-15-6-5-11(10)13(9)16-12/h3-8,16H,2H2,1H3. The number of aromatic nitrogens is 2. The van der Waals surface area contributed by atoms with Gasteiger partial charge in [-0.2, -0.15) is 0 Å². The van der Waals surface area contributed by atoms with Crippen molar-refractivity contribution < 1.29 is 9.53 Å². The third kappa shape index (κ3) is 1.62. The van der Waals surface area contributed by atoms with E-state index in [2.05, 4.69) is 9.97 Å². The molecule has 90 valence electrons. The van der Waals surface area contributed by atoms with Crippen molar-refractivity contribution in [3.8, 4) is 0 Å². The second-order valence-corrected chi connectivity index (χ2v) is 4.03. The Morgan fingerprint density at radius 3 is 3.00 bits per heavy atom. The highest BCUT2D eigenvalue weighted by Gasteiger charge is 2.11. The number of hydrogen-bond donors (Lipinski definition) is 1. The number of rotatable bonds is 2. The summed E-state index contributed by atoms with van der Waals surface area (Å²) in [6, 6.07) is 7.71. The predicted octanol–water partition coefficient (Wildman–Crippen LogP) is 2.89. The molecule has 0 bridgehead atoms. The van der Waals surface area contributed by atoms with Gasteiger partial charge in [0, 0.05) is 28.6 Å². The van der Waals surface area contributed by atoms with Crippen molar-refractivity contribution in [2.24, 2.45) is 0 Å². The number of benzene rings is 1. The monoisotopic (exact) mass is 240 g/mol. The van der Waals surface area contributed by atoms with Crippen LogP contribution in [0.25, 0.3) is 21.7 Å². The molecule has 0 aliphatic rings. The topological polar surface area (TPSA) is 55.0 Å². The van der Waals surface area contributed by atoms with Crippen molar-refractivity contribution in [1.29, 1.82) is 0 Å². The average Bonchev–Trinajstić information content (AvgIpc) is 2.83. The van der Waals surface area contributed by atoms with E-state index < -0.39 is 0 Å². The first kappa shape index (κ1) is 10.8. The maximum absolute atomic E-state index is 11.7. The number of carbonyl (C=O) groups is 1. The molecule has 3 rings (SSSR count). The van der Waals surface area contributed by atoms with Crippen LogP contribution in [-0.2, 0) is 4.74 Å². The number of H-pyrrole nitrogens is 1. The summed E-state index contributed by atoms with van der Waals surface area (Å²) < 4.78 is 4.99. The van der Waals surface area contributed by atoms with Crippen molar-refractivity contribution in [1.82, 2.24) is 9.97 Å². The van der Waals surface area contributed by atoms with Gasteiger partial charge in [-0.1, -0.05) is 12.1 Å². The Balaban J connectivity index is 2.22. The SMILES string of the molecule is CCOC(=O)c1cc2ccc3cnccc3c2[nH]1. The van der Waals surface area contributed by atoms with Crippen LogP contribution >= 0.6 is 0 Å². The molecule has 1 aromatic carbocycles. The van der Waals surface area contributed by atoms with E-state index in [-0.39, 0.29) is 5.97 Å². The van der Waals surface area contributed by atoms with Crippen LogP contribution in [0.4, 0.5) is 0 Å². The zero-order valence-electron chi connectivity index (χ0n) is 9.93. The lowest BCUT2D eigenvalue weighted by molar-refractivity contribution is 0.0520. The van der Waals surface area contributed by atoms with Gasteiger partial charge in [-0.25, -0.2) is 4.79 Å². The summed E-state index contributed by atoms with van der Waals surface area (Å²) in [4.78, 5) is 18.9. The van der Waals surface area contributed by atoms with Crippen LogP contribution in [0.3, 0.4) is 0 Å². The molecule has 4 heteroatoms. The fraction of sp³-hybridized carbons (Fsp3) is 0.143. The molecule has 0 aliphatic carbocycles. The lowest BCUT2D eigenvalue weighted by Gasteiger charge is -1.98. The van der Waals surface area contributed by atoms with Gasteiger partial charge >= 0.3 is 5.97 Å². The molecule has 0 aliphatic heterocycles. The number of fused-ring (bicyclic) bond motifs is 3. The first-order valence-electron chi connectivity index (χ1n) is 5.82. The second kappa shape index (κ2) is 4.14. The van der Waals surface area contributed by atoms with Gasteiger partial charge in [0.1, 0.15) is 5.69 Å². The van der Waals surface area contributed by atoms with E-state index >= 15 is 0 Å². The number of ether oxygens (including phenoxy) is 1. The van der Waals surface area contributed by atoms with Crippen LogP contribution in [-0.4, -0.2) is 22.5 Å². The number of esters is 1. The molecule has 18 heavy (non-hydrogen) atoms. The Hall–Kier alpha value is -2.36. The van der Waals surface area contributed by atoms with Crippen LogP contribution in [0.2, 0.25) is 0 Å². The van der Waals surface area contributed by atoms with Crippen LogP contribution in [0, 0.1) is 0 Å². The Kier molecular flexibility index (Phi) is 2.48. The highest BCUT2D eigenvalue weighted by molar-refractivity contribution is 6.07. The summed E-state index contributed by atoms with van der Waals surface area (Å²) >= 11 is 0. The number of nitrogens with zero attached hydrogens (tertiary/aromatic N) is 1. The molecule has 0 fully saturated rings. The Morgan fingerprint density at radius 1 is 1.33 bits per heavy atom. The van der Waals surface area contributed by atoms with Gasteiger partial charge < -0.3 is 9.72 Å². The minimum absolute atomic E-state index is 0.323. The minimum atomic E-state index is -0.323. The van der Waals surface area contributed by atoms with Crippen molar-refractivity contribution in [3.05, 3.63) is 42.4 Å². The first-order valence-corrected chi connectivity index (χ1v) is 5.82. The zero-order chi connectivity index (χ0) is 12.5. The van der Waals surface area contributed by atoms with Crippen molar-refractivity contribution in [2.45, 2.75) is 6.92 Å². The van der Waals surface area contributed by atoms with Crippen molar-refractivity contribution >= 4 is 27.6 Å². The smallest absolute Gasteiger partial charge is 0.354 e. The molecule has 0 unspecified atom stereocenters. The largest absolute Gasteiger partial charge is 0.461 e. The molecule has 0 saturated heterocycles. The molecule has 2 heterocycles. The molecule has 0 atom stereocenters. The molecule has 4 nitrogen and oxygen atoms in total. The highest BCUT2D eigenvalue weighted by Crippen LogP contribution is 2.25. The van der Waals surface area contributed by atoms with Gasteiger partial charge in [-0.3, -0.25) is 4.98 Å². The zero-order valence-corrected chi connectivity index (χ0v) is 9.93. The van der Waals surface area contributed by atoms with Crippen LogP contribution in [0.15, 0.2) is 36.7 Å². The third-order valence-corrected chi connectivity index (χ3v) is 2.91. The first-order chi connectivity index (χ1) is 8.79. The summed E-state index contributed by atoms with van der Waals surface area (Å²) in [5.74, 6) is -0.323. The van der Waals surface area contributed by atoms with Crippen molar-refractivity contribution in [2.75, 3.05) is 6.61 Å². The van der Waals surface area contributed by atoms with E-state index in [0.29, 0.717) is 12.3 Å². The lowest BCUT2D eigenvalue weighted by atomic mass is 10.1. The highest BCUT2D eigenvalue weighted by atomic mass is 16.5. The van der Waals surface area contributed by atoms with Gasteiger partial charge in [0.15, 0.2) is 0 Å². The predicted molar refractivity (Wildman–Crippen MR) is 69.6 cm³/mol. The van der Waals surface area contributed by atoms with E-state index in [4.69, 9.17) is 4.74 Å². The minimum Gasteiger partial charge on any atom is -0.461 e. The number of carbonyl (C=O) groups excluding carboxylic acids is 1. The molecule has 3 aromatic rings. The maximum atomic E-state index is 11.7. The third-order valence-electron chi connectivity index (χ3n) is 2.91. The van der Waals surface area contributed by atoms with E-state index in [1.807, 2.05) is 24.3 Å². The molecular formula is C14H12N2O2. The molecular weight excluding hydrogens is 228 g/mol. The summed E-state index contributed by atoms with van der Waals surface area (Å²) in [5.41, 5.74) is 1.43. The van der Waals surface area contributed by atoms with Gasteiger partial charge in [0.25, 0.3) is 0 Å². The van der Waals surface area contributed by atoms with E-state index in [1.165, 1.54) is 0 Å². The van der Waals surface area contributed by atoms with Gasteiger partial charge in [-0.05, 0) is 19.1 Å². The lowest BCUT2D eigenvalue weighted by Crippen LogP contribution is -2.04. The summed E-state index contributed by atoms with van der Waals surface area (Å²) in [5, 5.41) is 3.09. The molecule has 2 aromatic heterocycles. The van der Waals surface area contributed by atoms with Crippen LogP contribution < -0.4 is 0 Å². The summed E-state index contributed by atoms with van der Waals surface area (Å²) in [6.45, 7) is 2.17. The van der Waals surface area contributed by atoms with Crippen molar-refractivity contribution in [3.63, 3.8) is 0 Å². The number of hydrogen-bond acceptors (Lipinski definition) is 3. The molecule has 0 saturated carbocycles. The summed E-state index contributed by atoms with van der Waals surface area (Å²) in [6.07, 6.45) is 3.55. The second-order valence-electron chi connectivity index (χ2n) is 4.03. The van der Waals surface area contributed by atoms with Crippen LogP contribution in [0.5, 0.6) is 0 Å². The van der Waals surface area contributed by atoms with E-state index in [1.54, 1.807) is 19.3 Å². The number of pyridine rings is 1. The Morgan fingerprint density at radius 2 is 2.17 bits per heavy atom. The molecule has 0 spiro atoms. The van der Waals surface area contributed by atoms with Gasteiger partial charge in [0.05, 0.1) is 12.1 Å². The number of nitrogens with one attached hydrogen (secondary N) is 1. The van der Waals surface area contributed by atoms with E-state index in [0.717, 1.165) is 21.7 Å². The average molecular weight is 240 g/mol. The molecule has 0 amide bonds. The van der Waals surface area contributed by atoms with Crippen LogP contribution in [0.1, 0.15) is 17.4 Å².